The van der Waals surface area contributed by atoms with Crippen molar-refractivity contribution in [2.24, 2.45) is 0 Å². The van der Waals surface area contributed by atoms with Gasteiger partial charge in [-0.3, -0.25) is 4.68 Å². The molecule has 0 amide bonds. The Balaban J connectivity index is 1.87. The topological polar surface area (TPSA) is 55.9 Å². The van der Waals surface area contributed by atoms with Crippen LogP contribution in [-0.4, -0.2) is 16.3 Å². The summed E-state index contributed by atoms with van der Waals surface area (Å²) in [5.41, 5.74) is 8.95. The quantitative estimate of drug-likeness (QED) is 0.657. The third kappa shape index (κ3) is 3.42. The van der Waals surface area contributed by atoms with Crippen LogP contribution in [-0.2, 0) is 6.54 Å². The Hall–Kier alpha value is -1.75. The van der Waals surface area contributed by atoms with Crippen LogP contribution in [0.4, 0.5) is 15.8 Å². The maximum Gasteiger partial charge on any atom is 0.143 e. The Labute approximate surface area is 122 Å². The van der Waals surface area contributed by atoms with Crippen LogP contribution in [0.1, 0.15) is 17.8 Å². The van der Waals surface area contributed by atoms with Crippen molar-refractivity contribution in [3.63, 3.8) is 0 Å². The first-order chi connectivity index (χ1) is 9.47. The van der Waals surface area contributed by atoms with Gasteiger partial charge in [0.2, 0.25) is 0 Å². The van der Waals surface area contributed by atoms with Crippen molar-refractivity contribution < 1.29 is 4.39 Å². The molecule has 0 spiro atoms. The highest BCUT2D eigenvalue weighted by Gasteiger charge is 2.06. The third-order valence-electron chi connectivity index (χ3n) is 3.06. The van der Waals surface area contributed by atoms with Crippen LogP contribution < -0.4 is 11.1 Å². The molecule has 0 saturated heterocycles. The largest absolute Gasteiger partial charge is 0.397 e. The molecule has 0 aliphatic heterocycles. The Morgan fingerprint density at radius 2 is 2.10 bits per heavy atom. The summed E-state index contributed by atoms with van der Waals surface area (Å²) in [6.07, 6.45) is 0.867. The molecule has 20 heavy (non-hydrogen) atoms. The lowest BCUT2D eigenvalue weighted by Crippen LogP contribution is -2.10. The number of nitrogen functional groups attached to an aromatic ring is 1. The zero-order chi connectivity index (χ0) is 14.7. The molecular formula is C14H18ClFN4. The lowest BCUT2D eigenvalue weighted by molar-refractivity contribution is 0.573. The molecule has 0 radical (unpaired) electrons. The van der Waals surface area contributed by atoms with Crippen LogP contribution in [0, 0.1) is 19.7 Å². The van der Waals surface area contributed by atoms with Crippen molar-refractivity contribution in [2.45, 2.75) is 26.8 Å². The van der Waals surface area contributed by atoms with E-state index < -0.39 is 5.82 Å². The molecule has 6 heteroatoms. The van der Waals surface area contributed by atoms with Crippen LogP contribution in [0.25, 0.3) is 0 Å². The third-order valence-corrected chi connectivity index (χ3v) is 3.35. The molecule has 0 atom stereocenters. The number of hydrogen-bond acceptors (Lipinski definition) is 3. The molecule has 108 valence electrons. The maximum atomic E-state index is 13.3. The van der Waals surface area contributed by atoms with Gasteiger partial charge in [-0.2, -0.15) is 5.10 Å². The van der Waals surface area contributed by atoms with Crippen molar-refractivity contribution in [1.82, 2.24) is 9.78 Å². The molecule has 1 aromatic heterocycles. The van der Waals surface area contributed by atoms with Gasteiger partial charge in [-0.25, -0.2) is 4.39 Å². The monoisotopic (exact) mass is 296 g/mol. The molecule has 0 aliphatic carbocycles. The van der Waals surface area contributed by atoms with Crippen LogP contribution >= 0.6 is 11.6 Å². The Morgan fingerprint density at radius 3 is 2.75 bits per heavy atom. The molecule has 3 N–H and O–H groups in total. The maximum absolute atomic E-state index is 13.3. The van der Waals surface area contributed by atoms with Gasteiger partial charge in [0.05, 0.1) is 22.1 Å². The summed E-state index contributed by atoms with van der Waals surface area (Å²) in [6, 6.07) is 4.78. The number of rotatable bonds is 5. The van der Waals surface area contributed by atoms with Crippen molar-refractivity contribution in [1.29, 1.82) is 0 Å². The van der Waals surface area contributed by atoms with Crippen molar-refractivity contribution in [3.8, 4) is 0 Å². The zero-order valence-electron chi connectivity index (χ0n) is 11.6. The van der Waals surface area contributed by atoms with E-state index in [9.17, 15) is 4.39 Å². The summed E-state index contributed by atoms with van der Waals surface area (Å²) in [5, 5.41) is 7.54. The molecule has 0 saturated carbocycles. The summed E-state index contributed by atoms with van der Waals surface area (Å²) in [5.74, 6) is -0.470. The lowest BCUT2D eigenvalue weighted by atomic mass is 10.2. The van der Waals surface area contributed by atoms with Crippen LogP contribution in [0.5, 0.6) is 0 Å². The van der Waals surface area contributed by atoms with E-state index in [1.165, 1.54) is 12.1 Å². The van der Waals surface area contributed by atoms with Gasteiger partial charge in [0.15, 0.2) is 0 Å². The summed E-state index contributed by atoms with van der Waals surface area (Å²) < 4.78 is 15.3. The fourth-order valence-corrected chi connectivity index (χ4v) is 2.24. The number of anilines is 2. The fourth-order valence-electron chi connectivity index (χ4n) is 2.07. The number of aromatic nitrogens is 2. The van der Waals surface area contributed by atoms with E-state index in [-0.39, 0.29) is 5.02 Å². The number of hydrogen-bond donors (Lipinski definition) is 2. The second-order valence-electron chi connectivity index (χ2n) is 4.78. The van der Waals surface area contributed by atoms with Gasteiger partial charge in [-0.1, -0.05) is 11.6 Å². The molecule has 1 heterocycles. The van der Waals surface area contributed by atoms with E-state index in [0.29, 0.717) is 17.9 Å². The van der Waals surface area contributed by atoms with E-state index in [4.69, 9.17) is 17.3 Å². The molecule has 0 unspecified atom stereocenters. The minimum absolute atomic E-state index is 0.0377. The average Bonchev–Trinajstić information content (AvgIpc) is 2.69. The smallest absolute Gasteiger partial charge is 0.143 e. The molecule has 1 aromatic carbocycles. The van der Waals surface area contributed by atoms with Gasteiger partial charge in [-0.15, -0.1) is 0 Å². The summed E-state index contributed by atoms with van der Waals surface area (Å²) >= 11 is 5.65. The Kier molecular flexibility index (Phi) is 4.49. The number of nitrogens with two attached hydrogens (primary N) is 1. The first-order valence-corrected chi connectivity index (χ1v) is 6.84. The second-order valence-corrected chi connectivity index (χ2v) is 5.19. The standard InChI is InChI=1S/C14H18ClFN4/c1-9-6-10(2)20(19-9)5-3-4-18-14-8-12(16)11(15)7-13(14)17/h6-8,18H,3-5,17H2,1-2H3. The number of nitrogens with zero attached hydrogens (tertiary/aromatic N) is 2. The number of aryl methyl sites for hydroxylation is 3. The average molecular weight is 297 g/mol. The first kappa shape index (κ1) is 14.7. The Morgan fingerprint density at radius 1 is 1.35 bits per heavy atom. The van der Waals surface area contributed by atoms with E-state index >= 15 is 0 Å². The van der Waals surface area contributed by atoms with Gasteiger partial charge in [0.25, 0.3) is 0 Å². The van der Waals surface area contributed by atoms with Gasteiger partial charge >= 0.3 is 0 Å². The van der Waals surface area contributed by atoms with E-state index in [0.717, 1.165) is 24.4 Å². The number of halogens is 2. The van der Waals surface area contributed by atoms with E-state index in [1.54, 1.807) is 0 Å². The highest BCUT2D eigenvalue weighted by molar-refractivity contribution is 6.31. The highest BCUT2D eigenvalue weighted by atomic mass is 35.5. The Bertz CT molecular complexity index is 609. The molecule has 4 nitrogen and oxygen atoms in total. The zero-order valence-corrected chi connectivity index (χ0v) is 12.3. The predicted molar refractivity (Wildman–Crippen MR) is 80.6 cm³/mol. The fraction of sp³-hybridized carbons (Fsp3) is 0.357. The molecular weight excluding hydrogens is 279 g/mol. The normalized spacial score (nSPS) is 10.8. The van der Waals surface area contributed by atoms with Crippen LogP contribution in [0.15, 0.2) is 18.2 Å². The second kappa shape index (κ2) is 6.13. The minimum Gasteiger partial charge on any atom is -0.397 e. The van der Waals surface area contributed by atoms with Gasteiger partial charge in [0, 0.05) is 24.8 Å². The number of benzene rings is 1. The molecule has 0 bridgehead atoms. The molecule has 0 fully saturated rings. The number of nitrogens with one attached hydrogen (secondary N) is 1. The molecule has 2 rings (SSSR count). The molecule has 2 aromatic rings. The van der Waals surface area contributed by atoms with Crippen molar-refractivity contribution >= 4 is 23.0 Å². The van der Waals surface area contributed by atoms with E-state index in [1.807, 2.05) is 24.6 Å². The summed E-state index contributed by atoms with van der Waals surface area (Å²) in [7, 11) is 0. The molecule has 0 aliphatic rings. The van der Waals surface area contributed by atoms with Gasteiger partial charge in [-0.05, 0) is 32.4 Å². The predicted octanol–water partition coefficient (Wildman–Crippen LogP) is 3.38. The van der Waals surface area contributed by atoms with Crippen LogP contribution in [0.2, 0.25) is 5.02 Å². The first-order valence-electron chi connectivity index (χ1n) is 6.47. The van der Waals surface area contributed by atoms with Crippen LogP contribution in [0.3, 0.4) is 0 Å². The van der Waals surface area contributed by atoms with Crippen molar-refractivity contribution in [3.05, 3.63) is 40.4 Å². The van der Waals surface area contributed by atoms with Crippen molar-refractivity contribution in [2.75, 3.05) is 17.6 Å². The van der Waals surface area contributed by atoms with Gasteiger partial charge < -0.3 is 11.1 Å². The van der Waals surface area contributed by atoms with E-state index in [2.05, 4.69) is 10.4 Å². The summed E-state index contributed by atoms with van der Waals surface area (Å²) in [6.45, 7) is 5.49. The highest BCUT2D eigenvalue weighted by Crippen LogP contribution is 2.25. The van der Waals surface area contributed by atoms with Gasteiger partial charge in [0.1, 0.15) is 5.82 Å². The minimum atomic E-state index is -0.470. The summed E-state index contributed by atoms with van der Waals surface area (Å²) in [4.78, 5) is 0. The SMILES string of the molecule is Cc1cc(C)n(CCCNc2cc(F)c(Cl)cc2N)n1. The lowest BCUT2D eigenvalue weighted by Gasteiger charge is -2.10.